The van der Waals surface area contributed by atoms with Gasteiger partial charge in [0.05, 0.1) is 30.9 Å². The molecule has 3 rings (SSSR count). The van der Waals surface area contributed by atoms with Crippen LogP contribution in [0.15, 0.2) is 24.7 Å². The van der Waals surface area contributed by atoms with Gasteiger partial charge in [0.25, 0.3) is 0 Å². The van der Waals surface area contributed by atoms with Gasteiger partial charge >= 0.3 is 0 Å². The molecular formula is C18H21N5O. The minimum Gasteiger partial charge on any atom is -0.491 e. The molecule has 0 unspecified atom stereocenters. The zero-order valence-corrected chi connectivity index (χ0v) is 13.5. The monoisotopic (exact) mass is 323 g/mol. The van der Waals surface area contributed by atoms with Crippen molar-refractivity contribution in [3.05, 3.63) is 30.4 Å². The number of pyridine rings is 1. The van der Waals surface area contributed by atoms with E-state index in [0.29, 0.717) is 41.3 Å². The van der Waals surface area contributed by atoms with E-state index < -0.39 is 0 Å². The lowest BCUT2D eigenvalue weighted by atomic mass is 9.90. The van der Waals surface area contributed by atoms with Crippen LogP contribution in [0.25, 0.3) is 0 Å². The average Bonchev–Trinajstić information content (AvgIpc) is 2.63. The Morgan fingerprint density at radius 2 is 1.92 bits per heavy atom. The van der Waals surface area contributed by atoms with E-state index in [1.54, 1.807) is 18.5 Å². The molecule has 3 N–H and O–H groups in total. The lowest BCUT2D eigenvalue weighted by molar-refractivity contribution is 0.209. The van der Waals surface area contributed by atoms with Gasteiger partial charge in [-0.3, -0.25) is 0 Å². The number of aromatic nitrogens is 3. The Morgan fingerprint density at radius 3 is 2.62 bits per heavy atom. The van der Waals surface area contributed by atoms with Gasteiger partial charge in [-0.15, -0.1) is 6.42 Å². The van der Waals surface area contributed by atoms with Crippen molar-refractivity contribution < 1.29 is 4.74 Å². The summed E-state index contributed by atoms with van der Waals surface area (Å²) in [6, 6.07) is 1.79. The Hall–Kier alpha value is -2.81. The number of nitrogens with two attached hydrogens (primary N) is 1. The normalized spacial score (nSPS) is 14.8. The zero-order valence-electron chi connectivity index (χ0n) is 13.5. The number of hydrogen-bond acceptors (Lipinski definition) is 6. The van der Waals surface area contributed by atoms with Crippen LogP contribution in [-0.4, -0.2) is 21.6 Å². The highest BCUT2D eigenvalue weighted by molar-refractivity contribution is 5.60. The van der Waals surface area contributed by atoms with Crippen LogP contribution in [-0.2, 0) is 0 Å². The maximum absolute atomic E-state index is 5.97. The molecular weight excluding hydrogens is 302 g/mol. The van der Waals surface area contributed by atoms with E-state index in [0.717, 1.165) is 0 Å². The topological polar surface area (TPSA) is 86.0 Å². The SMILES string of the molecule is C#Cc1cnc(Nc2cc(OCC3CCCCC3)c(N)cn2)cn1. The molecule has 0 amide bonds. The van der Waals surface area contributed by atoms with Crippen molar-refractivity contribution >= 4 is 17.3 Å². The summed E-state index contributed by atoms with van der Waals surface area (Å²) in [5.41, 5.74) is 6.99. The molecule has 1 fully saturated rings. The highest BCUT2D eigenvalue weighted by Crippen LogP contribution is 2.28. The number of terminal acetylenes is 1. The second kappa shape index (κ2) is 7.64. The van der Waals surface area contributed by atoms with Gasteiger partial charge in [-0.1, -0.05) is 19.3 Å². The molecule has 124 valence electrons. The predicted octanol–water partition coefficient (Wildman–Crippen LogP) is 3.14. The van der Waals surface area contributed by atoms with Crippen molar-refractivity contribution in [1.29, 1.82) is 0 Å². The molecule has 1 aliphatic carbocycles. The zero-order chi connectivity index (χ0) is 16.8. The highest BCUT2D eigenvalue weighted by Gasteiger charge is 2.15. The van der Waals surface area contributed by atoms with Crippen molar-refractivity contribution in [2.24, 2.45) is 5.92 Å². The molecule has 0 bridgehead atoms. The molecule has 1 saturated carbocycles. The molecule has 0 radical (unpaired) electrons. The van der Waals surface area contributed by atoms with Crippen LogP contribution < -0.4 is 15.8 Å². The molecule has 24 heavy (non-hydrogen) atoms. The third-order valence-corrected chi connectivity index (χ3v) is 4.15. The second-order valence-electron chi connectivity index (χ2n) is 5.98. The fourth-order valence-corrected chi connectivity index (χ4v) is 2.80. The third kappa shape index (κ3) is 4.13. The summed E-state index contributed by atoms with van der Waals surface area (Å²) in [7, 11) is 0. The molecule has 2 aromatic rings. The van der Waals surface area contributed by atoms with E-state index in [-0.39, 0.29) is 0 Å². The predicted molar refractivity (Wildman–Crippen MR) is 94.0 cm³/mol. The Morgan fingerprint density at radius 1 is 1.12 bits per heavy atom. The van der Waals surface area contributed by atoms with Crippen LogP contribution in [0.2, 0.25) is 0 Å². The summed E-state index contributed by atoms with van der Waals surface area (Å²) >= 11 is 0. The Balaban J connectivity index is 1.65. The minimum atomic E-state index is 0.488. The number of nitrogens with zero attached hydrogens (tertiary/aromatic N) is 3. The summed E-state index contributed by atoms with van der Waals surface area (Å²) < 4.78 is 5.92. The van der Waals surface area contributed by atoms with Gasteiger partial charge in [0, 0.05) is 6.07 Å². The Bertz CT molecular complexity index is 717. The summed E-state index contributed by atoms with van der Waals surface area (Å²) in [5.74, 6) is 4.85. The minimum absolute atomic E-state index is 0.488. The number of nitrogen functional groups attached to an aromatic ring is 1. The van der Waals surface area contributed by atoms with Crippen molar-refractivity contribution in [2.75, 3.05) is 17.7 Å². The first kappa shape index (κ1) is 16.1. The van der Waals surface area contributed by atoms with Crippen molar-refractivity contribution in [3.63, 3.8) is 0 Å². The number of rotatable bonds is 5. The average molecular weight is 323 g/mol. The van der Waals surface area contributed by atoms with Crippen LogP contribution in [0.4, 0.5) is 17.3 Å². The first-order chi connectivity index (χ1) is 11.7. The van der Waals surface area contributed by atoms with Crippen LogP contribution in [0.3, 0.4) is 0 Å². The van der Waals surface area contributed by atoms with Crippen LogP contribution in [0.5, 0.6) is 5.75 Å². The van der Waals surface area contributed by atoms with Gasteiger partial charge in [0.1, 0.15) is 23.1 Å². The molecule has 0 aliphatic heterocycles. The lowest BCUT2D eigenvalue weighted by Gasteiger charge is -2.22. The molecule has 0 atom stereocenters. The van der Waals surface area contributed by atoms with Crippen LogP contribution >= 0.6 is 0 Å². The number of ether oxygens (including phenoxy) is 1. The van der Waals surface area contributed by atoms with Crippen molar-refractivity contribution in [1.82, 2.24) is 15.0 Å². The number of hydrogen-bond donors (Lipinski definition) is 2. The van der Waals surface area contributed by atoms with Gasteiger partial charge in [0.15, 0.2) is 0 Å². The quantitative estimate of drug-likeness (QED) is 0.822. The summed E-state index contributed by atoms with van der Waals surface area (Å²) in [6.45, 7) is 0.699. The van der Waals surface area contributed by atoms with Gasteiger partial charge in [-0.05, 0) is 24.7 Å². The first-order valence-electron chi connectivity index (χ1n) is 8.18. The molecule has 0 saturated heterocycles. The fraction of sp³-hybridized carbons (Fsp3) is 0.389. The van der Waals surface area contributed by atoms with Gasteiger partial charge < -0.3 is 15.8 Å². The molecule has 1 aliphatic rings. The Kier molecular flexibility index (Phi) is 5.12. The Labute approximate surface area is 141 Å². The smallest absolute Gasteiger partial charge is 0.150 e. The molecule has 2 heterocycles. The summed E-state index contributed by atoms with van der Waals surface area (Å²) in [4.78, 5) is 12.5. The molecule has 2 aromatic heterocycles. The summed E-state index contributed by atoms with van der Waals surface area (Å²) in [5, 5.41) is 3.07. The van der Waals surface area contributed by atoms with Gasteiger partial charge in [0.2, 0.25) is 0 Å². The maximum Gasteiger partial charge on any atom is 0.150 e. The largest absolute Gasteiger partial charge is 0.491 e. The van der Waals surface area contributed by atoms with Gasteiger partial charge in [-0.25, -0.2) is 15.0 Å². The lowest BCUT2D eigenvalue weighted by Crippen LogP contribution is -2.16. The van der Waals surface area contributed by atoms with E-state index in [9.17, 15) is 0 Å². The van der Waals surface area contributed by atoms with Gasteiger partial charge in [-0.2, -0.15) is 0 Å². The van der Waals surface area contributed by atoms with E-state index >= 15 is 0 Å². The van der Waals surface area contributed by atoms with Crippen LogP contribution in [0, 0.1) is 18.3 Å². The second-order valence-corrected chi connectivity index (χ2v) is 5.98. The molecule has 0 spiro atoms. The highest BCUT2D eigenvalue weighted by atomic mass is 16.5. The van der Waals surface area contributed by atoms with Crippen LogP contribution in [0.1, 0.15) is 37.8 Å². The standard InChI is InChI=1S/C18H21N5O/c1-2-14-9-21-18(11-20-14)23-17-8-16(15(19)10-22-17)24-12-13-6-4-3-5-7-13/h1,8-11,13H,3-7,12,19H2,(H,21,22,23). The number of nitrogens with one attached hydrogen (secondary N) is 1. The van der Waals surface area contributed by atoms with E-state index in [2.05, 4.69) is 26.2 Å². The molecule has 0 aromatic carbocycles. The molecule has 6 heteroatoms. The molecule has 6 nitrogen and oxygen atoms in total. The van der Waals surface area contributed by atoms with Crippen molar-refractivity contribution in [3.8, 4) is 18.1 Å². The van der Waals surface area contributed by atoms with E-state index in [1.165, 1.54) is 38.3 Å². The van der Waals surface area contributed by atoms with Crippen molar-refractivity contribution in [2.45, 2.75) is 32.1 Å². The first-order valence-corrected chi connectivity index (χ1v) is 8.18. The fourth-order valence-electron chi connectivity index (χ4n) is 2.80. The number of anilines is 3. The third-order valence-electron chi connectivity index (χ3n) is 4.15. The van der Waals surface area contributed by atoms with E-state index in [1.807, 2.05) is 0 Å². The summed E-state index contributed by atoms with van der Waals surface area (Å²) in [6.07, 6.45) is 16.3. The van der Waals surface area contributed by atoms with E-state index in [4.69, 9.17) is 16.9 Å². The maximum atomic E-state index is 5.97.